The van der Waals surface area contributed by atoms with Crippen LogP contribution in [0.2, 0.25) is 0 Å². The fourth-order valence-electron chi connectivity index (χ4n) is 4.29. The van der Waals surface area contributed by atoms with E-state index in [9.17, 15) is 9.59 Å². The van der Waals surface area contributed by atoms with E-state index >= 15 is 0 Å². The summed E-state index contributed by atoms with van der Waals surface area (Å²) < 4.78 is 16.2. The van der Waals surface area contributed by atoms with E-state index in [0.717, 1.165) is 16.7 Å². The minimum absolute atomic E-state index is 0.0899. The highest BCUT2D eigenvalue weighted by molar-refractivity contribution is 5.98. The van der Waals surface area contributed by atoms with Gasteiger partial charge >= 0.3 is 0 Å². The molecule has 7 nitrogen and oxygen atoms in total. The Morgan fingerprint density at radius 3 is 2.35 bits per heavy atom. The van der Waals surface area contributed by atoms with E-state index in [1.54, 1.807) is 32.3 Å². The van der Waals surface area contributed by atoms with Crippen LogP contribution in [-0.4, -0.2) is 38.0 Å². The van der Waals surface area contributed by atoms with E-state index in [4.69, 9.17) is 14.2 Å². The molecule has 7 heteroatoms. The van der Waals surface area contributed by atoms with Crippen molar-refractivity contribution >= 4 is 11.8 Å². The van der Waals surface area contributed by atoms with Crippen LogP contribution in [0.15, 0.2) is 66.7 Å². The molecule has 3 aromatic rings. The second kappa shape index (κ2) is 10.3. The molecule has 0 bridgehead atoms. The van der Waals surface area contributed by atoms with Gasteiger partial charge in [-0.3, -0.25) is 9.59 Å². The van der Waals surface area contributed by atoms with Gasteiger partial charge in [-0.1, -0.05) is 42.5 Å². The number of amides is 2. The van der Waals surface area contributed by atoms with Crippen LogP contribution in [0.25, 0.3) is 0 Å². The maximum Gasteiger partial charge on any atom is 0.255 e. The number of methoxy groups -OCH3 is 3. The first-order valence-electron chi connectivity index (χ1n) is 11.0. The predicted molar refractivity (Wildman–Crippen MR) is 128 cm³/mol. The quantitative estimate of drug-likeness (QED) is 0.520. The summed E-state index contributed by atoms with van der Waals surface area (Å²) in [5, 5.41) is 2.97. The molecule has 0 saturated carbocycles. The molecule has 0 fully saturated rings. The van der Waals surface area contributed by atoms with E-state index in [0.29, 0.717) is 35.9 Å². The lowest BCUT2D eigenvalue weighted by Gasteiger charge is -2.28. The highest BCUT2D eigenvalue weighted by Crippen LogP contribution is 2.37. The van der Waals surface area contributed by atoms with Gasteiger partial charge in [0, 0.05) is 24.2 Å². The number of carbonyl (C=O) groups is 2. The molecule has 1 aliphatic rings. The Labute approximate surface area is 199 Å². The van der Waals surface area contributed by atoms with Gasteiger partial charge in [-0.15, -0.1) is 0 Å². The van der Waals surface area contributed by atoms with Crippen LogP contribution in [0, 0.1) is 0 Å². The first kappa shape index (κ1) is 23.2. The van der Waals surface area contributed by atoms with Gasteiger partial charge in [-0.2, -0.15) is 0 Å². The summed E-state index contributed by atoms with van der Waals surface area (Å²) in [6.07, 6.45) is 0.102. The second-order valence-electron chi connectivity index (χ2n) is 8.01. The van der Waals surface area contributed by atoms with Crippen molar-refractivity contribution in [3.8, 4) is 17.2 Å². The Balaban J connectivity index is 1.59. The Kier molecular flexibility index (Phi) is 7.01. The van der Waals surface area contributed by atoms with Gasteiger partial charge in [0.25, 0.3) is 5.91 Å². The third-order valence-electron chi connectivity index (χ3n) is 6.07. The van der Waals surface area contributed by atoms with Gasteiger partial charge in [0.2, 0.25) is 5.91 Å². The number of rotatable bonds is 9. The molecule has 2 amide bonds. The second-order valence-corrected chi connectivity index (χ2v) is 8.01. The standard InChI is InChI=1S/C27H28N2O5/c1-32-23-11-7-5-8-19(23)16-28-26(30)15-22(18-12-13-24(33-2)25(14-18)34-3)29-17-20-9-4-6-10-21(20)27(29)31/h4-14,22H,15-17H2,1-3H3,(H,28,30). The topological polar surface area (TPSA) is 77.1 Å². The highest BCUT2D eigenvalue weighted by atomic mass is 16.5. The number of nitrogens with one attached hydrogen (secondary N) is 1. The zero-order valence-electron chi connectivity index (χ0n) is 19.5. The van der Waals surface area contributed by atoms with Gasteiger partial charge < -0.3 is 24.4 Å². The minimum Gasteiger partial charge on any atom is -0.496 e. The Bertz CT molecular complexity index is 1190. The van der Waals surface area contributed by atoms with Crippen molar-refractivity contribution in [3.05, 3.63) is 89.0 Å². The number of ether oxygens (including phenoxy) is 3. The molecular formula is C27H28N2O5. The normalized spacial score (nSPS) is 13.3. The Morgan fingerprint density at radius 2 is 1.62 bits per heavy atom. The molecule has 3 aromatic carbocycles. The van der Waals surface area contributed by atoms with Crippen LogP contribution in [-0.2, 0) is 17.9 Å². The SMILES string of the molecule is COc1ccccc1CNC(=O)CC(c1ccc(OC)c(OC)c1)N1Cc2ccccc2C1=O. The summed E-state index contributed by atoms with van der Waals surface area (Å²) in [7, 11) is 4.73. The van der Waals surface area contributed by atoms with E-state index < -0.39 is 6.04 Å². The van der Waals surface area contributed by atoms with Crippen molar-refractivity contribution in [2.24, 2.45) is 0 Å². The van der Waals surface area contributed by atoms with Crippen molar-refractivity contribution in [1.29, 1.82) is 0 Å². The van der Waals surface area contributed by atoms with Crippen LogP contribution in [0.1, 0.15) is 39.5 Å². The maximum absolute atomic E-state index is 13.3. The summed E-state index contributed by atoms with van der Waals surface area (Å²) >= 11 is 0. The van der Waals surface area contributed by atoms with Gasteiger partial charge in [0.1, 0.15) is 5.75 Å². The summed E-state index contributed by atoms with van der Waals surface area (Å²) in [5.74, 6) is 1.58. The van der Waals surface area contributed by atoms with Gasteiger partial charge in [-0.25, -0.2) is 0 Å². The third kappa shape index (κ3) is 4.69. The fraction of sp³-hybridized carbons (Fsp3) is 0.259. The molecule has 0 radical (unpaired) electrons. The van der Waals surface area contributed by atoms with Crippen LogP contribution in [0.5, 0.6) is 17.2 Å². The van der Waals surface area contributed by atoms with E-state index in [2.05, 4.69) is 5.32 Å². The van der Waals surface area contributed by atoms with Crippen molar-refractivity contribution in [3.63, 3.8) is 0 Å². The van der Waals surface area contributed by atoms with E-state index in [1.165, 1.54) is 0 Å². The number of benzene rings is 3. The first-order valence-corrected chi connectivity index (χ1v) is 11.0. The number of hydrogen-bond acceptors (Lipinski definition) is 5. The maximum atomic E-state index is 13.3. The lowest BCUT2D eigenvalue weighted by Crippen LogP contribution is -2.34. The van der Waals surface area contributed by atoms with E-state index in [1.807, 2.05) is 60.7 Å². The molecule has 1 heterocycles. The van der Waals surface area contributed by atoms with Crippen molar-refractivity contribution < 1.29 is 23.8 Å². The van der Waals surface area contributed by atoms with E-state index in [-0.39, 0.29) is 18.2 Å². The number of carbonyl (C=O) groups excluding carboxylic acids is 2. The molecule has 0 saturated heterocycles. The summed E-state index contributed by atoms with van der Waals surface area (Å²) in [4.78, 5) is 28.1. The van der Waals surface area contributed by atoms with Crippen molar-refractivity contribution in [1.82, 2.24) is 10.2 Å². The predicted octanol–water partition coefficient (Wildman–Crippen LogP) is 4.12. The Hall–Kier alpha value is -4.00. The number of nitrogens with zero attached hydrogens (tertiary/aromatic N) is 1. The Morgan fingerprint density at radius 1 is 0.912 bits per heavy atom. The average molecular weight is 461 g/mol. The van der Waals surface area contributed by atoms with Gasteiger partial charge in [-0.05, 0) is 35.4 Å². The monoisotopic (exact) mass is 460 g/mol. The van der Waals surface area contributed by atoms with Crippen LogP contribution < -0.4 is 19.5 Å². The lowest BCUT2D eigenvalue weighted by atomic mass is 10.0. The number of fused-ring (bicyclic) bond motifs is 1. The largest absolute Gasteiger partial charge is 0.496 e. The third-order valence-corrected chi connectivity index (χ3v) is 6.07. The van der Waals surface area contributed by atoms with Crippen molar-refractivity contribution in [2.45, 2.75) is 25.6 Å². The molecule has 0 spiro atoms. The summed E-state index contributed by atoms with van der Waals surface area (Å²) in [5.41, 5.74) is 3.30. The van der Waals surface area contributed by atoms with Gasteiger partial charge in [0.15, 0.2) is 11.5 Å². The van der Waals surface area contributed by atoms with Crippen LogP contribution >= 0.6 is 0 Å². The smallest absolute Gasteiger partial charge is 0.255 e. The zero-order valence-corrected chi connectivity index (χ0v) is 19.5. The van der Waals surface area contributed by atoms with Gasteiger partial charge in [0.05, 0.1) is 33.8 Å². The molecule has 1 atom stereocenters. The molecule has 0 aromatic heterocycles. The minimum atomic E-state index is -0.475. The molecule has 1 N–H and O–H groups in total. The first-order chi connectivity index (χ1) is 16.5. The molecular weight excluding hydrogens is 432 g/mol. The molecule has 176 valence electrons. The highest BCUT2D eigenvalue weighted by Gasteiger charge is 2.34. The van der Waals surface area contributed by atoms with Crippen molar-refractivity contribution in [2.75, 3.05) is 21.3 Å². The zero-order chi connectivity index (χ0) is 24.1. The van der Waals surface area contributed by atoms with Crippen LogP contribution in [0.4, 0.5) is 0 Å². The lowest BCUT2D eigenvalue weighted by molar-refractivity contribution is -0.122. The average Bonchev–Trinajstić information content (AvgIpc) is 3.21. The summed E-state index contributed by atoms with van der Waals surface area (Å²) in [6, 6.07) is 20.1. The molecule has 1 unspecified atom stereocenters. The summed E-state index contributed by atoms with van der Waals surface area (Å²) in [6.45, 7) is 0.767. The van der Waals surface area contributed by atoms with Crippen LogP contribution in [0.3, 0.4) is 0 Å². The number of para-hydroxylation sites is 1. The molecule has 4 rings (SSSR count). The molecule has 34 heavy (non-hydrogen) atoms. The molecule has 0 aliphatic carbocycles. The molecule has 1 aliphatic heterocycles. The number of hydrogen-bond donors (Lipinski definition) is 1. The fourth-order valence-corrected chi connectivity index (χ4v) is 4.29.